The highest BCUT2D eigenvalue weighted by molar-refractivity contribution is 6.06. The van der Waals surface area contributed by atoms with E-state index >= 15 is 0 Å². The Morgan fingerprint density at radius 3 is 2.40 bits per heavy atom. The van der Waals surface area contributed by atoms with E-state index in [9.17, 15) is 9.90 Å². The highest BCUT2D eigenvalue weighted by Gasteiger charge is 2.12. The maximum atomic E-state index is 12.3. The molecule has 25 heavy (non-hydrogen) atoms. The number of hydrogen-bond donors (Lipinski definition) is 3. The van der Waals surface area contributed by atoms with Crippen LogP contribution in [0.3, 0.4) is 0 Å². The van der Waals surface area contributed by atoms with Gasteiger partial charge in [0.05, 0.1) is 12.7 Å². The van der Waals surface area contributed by atoms with Crippen LogP contribution in [-0.2, 0) is 0 Å². The van der Waals surface area contributed by atoms with E-state index in [-0.39, 0.29) is 17.2 Å². The van der Waals surface area contributed by atoms with Crippen molar-refractivity contribution in [3.05, 3.63) is 48.0 Å². The molecule has 0 heterocycles. The third kappa shape index (κ3) is 5.71. The van der Waals surface area contributed by atoms with Gasteiger partial charge in [-0.15, -0.1) is 0 Å². The molecule has 0 saturated carbocycles. The van der Waals surface area contributed by atoms with Gasteiger partial charge in [0.15, 0.2) is 0 Å². The molecule has 2 rings (SSSR count). The Labute approximate surface area is 149 Å². The summed E-state index contributed by atoms with van der Waals surface area (Å²) in [5, 5.41) is 16.1. The minimum Gasteiger partial charge on any atom is -0.507 e. The first kappa shape index (κ1) is 18.6. The summed E-state index contributed by atoms with van der Waals surface area (Å²) in [5.74, 6) is 0.744. The number of carbonyl (C=O) groups is 1. The van der Waals surface area contributed by atoms with Gasteiger partial charge in [-0.25, -0.2) is 0 Å². The van der Waals surface area contributed by atoms with Gasteiger partial charge in [-0.3, -0.25) is 4.79 Å². The molecule has 0 aliphatic heterocycles. The number of carbonyl (C=O) groups excluding carboxylic acids is 1. The van der Waals surface area contributed by atoms with Crippen molar-refractivity contribution in [3.63, 3.8) is 0 Å². The zero-order chi connectivity index (χ0) is 18.2. The van der Waals surface area contributed by atoms with Crippen molar-refractivity contribution in [2.75, 3.05) is 24.3 Å². The van der Waals surface area contributed by atoms with E-state index in [1.807, 2.05) is 24.3 Å². The fourth-order valence-corrected chi connectivity index (χ4v) is 2.44. The SMILES string of the molecule is COc1ccc(C(=O)Nc2ccc(NCCCC(C)C)cc2)c(O)c1. The lowest BCUT2D eigenvalue weighted by Gasteiger charge is -2.10. The van der Waals surface area contributed by atoms with E-state index in [2.05, 4.69) is 24.5 Å². The van der Waals surface area contributed by atoms with Crippen LogP contribution in [0.1, 0.15) is 37.0 Å². The summed E-state index contributed by atoms with van der Waals surface area (Å²) in [6.07, 6.45) is 2.33. The molecule has 5 nitrogen and oxygen atoms in total. The van der Waals surface area contributed by atoms with Crippen LogP contribution < -0.4 is 15.4 Å². The van der Waals surface area contributed by atoms with E-state index in [0.717, 1.165) is 18.7 Å². The lowest BCUT2D eigenvalue weighted by atomic mass is 10.1. The van der Waals surface area contributed by atoms with Gasteiger partial charge in [0.1, 0.15) is 11.5 Å². The lowest BCUT2D eigenvalue weighted by Crippen LogP contribution is -2.12. The van der Waals surface area contributed by atoms with Crippen LogP contribution >= 0.6 is 0 Å². The first-order valence-electron chi connectivity index (χ1n) is 8.52. The average Bonchev–Trinajstić information content (AvgIpc) is 2.59. The van der Waals surface area contributed by atoms with Crippen molar-refractivity contribution >= 4 is 17.3 Å². The lowest BCUT2D eigenvalue weighted by molar-refractivity contribution is 0.102. The summed E-state index contributed by atoms with van der Waals surface area (Å²) in [6.45, 7) is 5.37. The smallest absolute Gasteiger partial charge is 0.259 e. The number of benzene rings is 2. The van der Waals surface area contributed by atoms with Gasteiger partial charge in [-0.05, 0) is 55.2 Å². The third-order valence-corrected chi connectivity index (χ3v) is 3.88. The van der Waals surface area contributed by atoms with Crippen molar-refractivity contribution in [2.45, 2.75) is 26.7 Å². The summed E-state index contributed by atoms with van der Waals surface area (Å²) in [4.78, 5) is 12.3. The standard InChI is InChI=1S/C20H26N2O3/c1-14(2)5-4-12-21-15-6-8-16(9-7-15)22-20(24)18-11-10-17(25-3)13-19(18)23/h6-11,13-14,21,23H,4-5,12H2,1-3H3,(H,22,24). The van der Waals surface area contributed by atoms with Gasteiger partial charge in [0.2, 0.25) is 0 Å². The van der Waals surface area contributed by atoms with Gasteiger partial charge in [-0.2, -0.15) is 0 Å². The van der Waals surface area contributed by atoms with Gasteiger partial charge in [0.25, 0.3) is 5.91 Å². The van der Waals surface area contributed by atoms with Gasteiger partial charge >= 0.3 is 0 Å². The maximum Gasteiger partial charge on any atom is 0.259 e. The van der Waals surface area contributed by atoms with Crippen LogP contribution in [0.15, 0.2) is 42.5 Å². The molecule has 3 N–H and O–H groups in total. The molecule has 2 aromatic carbocycles. The molecule has 0 radical (unpaired) electrons. The molecule has 0 fully saturated rings. The molecule has 134 valence electrons. The Kier molecular flexibility index (Phi) is 6.69. The van der Waals surface area contributed by atoms with Gasteiger partial charge < -0.3 is 20.5 Å². The van der Waals surface area contributed by atoms with Crippen molar-refractivity contribution < 1.29 is 14.6 Å². The quantitative estimate of drug-likeness (QED) is 0.618. The summed E-state index contributed by atoms with van der Waals surface area (Å²) < 4.78 is 5.02. The Morgan fingerprint density at radius 1 is 1.12 bits per heavy atom. The number of phenols is 1. The monoisotopic (exact) mass is 342 g/mol. The number of ether oxygens (including phenoxy) is 1. The number of aromatic hydroxyl groups is 1. The van der Waals surface area contributed by atoms with E-state index in [0.29, 0.717) is 17.4 Å². The molecule has 0 aliphatic rings. The topological polar surface area (TPSA) is 70.6 Å². The predicted octanol–water partition coefficient (Wildman–Crippen LogP) is 4.50. The first-order valence-corrected chi connectivity index (χ1v) is 8.52. The minimum atomic E-state index is -0.363. The molecule has 0 spiro atoms. The Hall–Kier alpha value is -2.69. The molecule has 5 heteroatoms. The second-order valence-electron chi connectivity index (χ2n) is 6.38. The molecule has 0 atom stereocenters. The molecule has 1 amide bonds. The predicted molar refractivity (Wildman–Crippen MR) is 102 cm³/mol. The van der Waals surface area contributed by atoms with E-state index in [1.165, 1.54) is 25.7 Å². The zero-order valence-electron chi connectivity index (χ0n) is 15.0. The second kappa shape index (κ2) is 8.97. The van der Waals surface area contributed by atoms with Crippen LogP contribution in [0.2, 0.25) is 0 Å². The zero-order valence-corrected chi connectivity index (χ0v) is 15.0. The van der Waals surface area contributed by atoms with Crippen molar-refractivity contribution in [3.8, 4) is 11.5 Å². The second-order valence-corrected chi connectivity index (χ2v) is 6.38. The van der Waals surface area contributed by atoms with Crippen LogP contribution in [0.25, 0.3) is 0 Å². The summed E-state index contributed by atoms with van der Waals surface area (Å²) in [6, 6.07) is 12.1. The maximum absolute atomic E-state index is 12.3. The first-order chi connectivity index (χ1) is 12.0. The van der Waals surface area contributed by atoms with E-state index in [1.54, 1.807) is 6.07 Å². The fourth-order valence-electron chi connectivity index (χ4n) is 2.44. The molecule has 0 unspecified atom stereocenters. The summed E-state index contributed by atoms with van der Waals surface area (Å²) >= 11 is 0. The van der Waals surface area contributed by atoms with Crippen LogP contribution in [0, 0.1) is 5.92 Å². The number of anilines is 2. The normalized spacial score (nSPS) is 10.6. The van der Waals surface area contributed by atoms with Crippen LogP contribution in [-0.4, -0.2) is 24.7 Å². The summed E-state index contributed by atoms with van der Waals surface area (Å²) in [7, 11) is 1.51. The Balaban J connectivity index is 1.91. The molecule has 0 bridgehead atoms. The fraction of sp³-hybridized carbons (Fsp3) is 0.350. The Bertz CT molecular complexity index is 697. The van der Waals surface area contributed by atoms with Crippen LogP contribution in [0.5, 0.6) is 11.5 Å². The minimum absolute atomic E-state index is 0.111. The van der Waals surface area contributed by atoms with Gasteiger partial charge in [0, 0.05) is 24.0 Å². The largest absolute Gasteiger partial charge is 0.507 e. The summed E-state index contributed by atoms with van der Waals surface area (Å²) in [5.41, 5.74) is 1.90. The number of amides is 1. The highest BCUT2D eigenvalue weighted by Crippen LogP contribution is 2.24. The van der Waals surface area contributed by atoms with Crippen LogP contribution in [0.4, 0.5) is 11.4 Å². The van der Waals surface area contributed by atoms with E-state index in [4.69, 9.17) is 4.74 Å². The molecule has 0 aromatic heterocycles. The highest BCUT2D eigenvalue weighted by atomic mass is 16.5. The van der Waals surface area contributed by atoms with Crippen molar-refractivity contribution in [1.82, 2.24) is 0 Å². The van der Waals surface area contributed by atoms with Crippen molar-refractivity contribution in [1.29, 1.82) is 0 Å². The molecular weight excluding hydrogens is 316 g/mol. The molecule has 0 aliphatic carbocycles. The number of rotatable bonds is 8. The van der Waals surface area contributed by atoms with Crippen molar-refractivity contribution in [2.24, 2.45) is 5.92 Å². The van der Waals surface area contributed by atoms with E-state index < -0.39 is 0 Å². The molecular formula is C20H26N2O3. The number of methoxy groups -OCH3 is 1. The average molecular weight is 342 g/mol. The molecule has 0 saturated heterocycles. The van der Waals surface area contributed by atoms with Gasteiger partial charge in [-0.1, -0.05) is 13.8 Å². The number of nitrogens with one attached hydrogen (secondary N) is 2. The number of hydrogen-bond acceptors (Lipinski definition) is 4. The third-order valence-electron chi connectivity index (χ3n) is 3.88. The number of phenolic OH excluding ortho intramolecular Hbond substituents is 1. The Morgan fingerprint density at radius 2 is 1.80 bits per heavy atom. The molecule has 2 aromatic rings.